The predicted molar refractivity (Wildman–Crippen MR) is 112 cm³/mol. The second kappa shape index (κ2) is 8.07. The van der Waals surface area contributed by atoms with Crippen LogP contribution in [0.5, 0.6) is 0 Å². The van der Waals surface area contributed by atoms with Gasteiger partial charge in [0, 0.05) is 17.3 Å². The fourth-order valence-corrected chi connectivity index (χ4v) is 5.83. The van der Waals surface area contributed by atoms with Gasteiger partial charge in [0.25, 0.3) is 0 Å². The first-order valence-electron chi connectivity index (χ1n) is 10.7. The van der Waals surface area contributed by atoms with E-state index >= 15 is 0 Å². The molecular formula is C22H27ClN2O6. The number of hydrogen-bond donors (Lipinski definition) is 2. The number of fused-ring (bicyclic) bond motifs is 1. The first-order chi connectivity index (χ1) is 14.8. The van der Waals surface area contributed by atoms with Crippen LogP contribution in [0.4, 0.5) is 5.69 Å². The third kappa shape index (κ3) is 3.23. The highest BCUT2D eigenvalue weighted by Gasteiger charge is 2.78. The van der Waals surface area contributed by atoms with E-state index in [0.717, 1.165) is 0 Å². The zero-order valence-corrected chi connectivity index (χ0v) is 18.4. The lowest BCUT2D eigenvalue weighted by molar-refractivity contribution is -0.160. The van der Waals surface area contributed by atoms with Crippen molar-refractivity contribution in [1.82, 2.24) is 4.90 Å². The van der Waals surface area contributed by atoms with Crippen molar-refractivity contribution in [2.75, 3.05) is 25.1 Å². The SMILES string of the molecule is CCOC(=O)[C@H]1[C@H]2C(=O)N(CCO)C(C(=O)Nc3ccc(Cl)cc3)C23CC[C@]1(CC)O3. The van der Waals surface area contributed by atoms with Crippen LogP contribution in [-0.4, -0.2) is 64.8 Å². The molecule has 2 bridgehead atoms. The number of nitrogens with zero attached hydrogens (tertiary/aromatic N) is 1. The summed E-state index contributed by atoms with van der Waals surface area (Å²) < 4.78 is 11.8. The van der Waals surface area contributed by atoms with Crippen LogP contribution >= 0.6 is 11.6 Å². The van der Waals surface area contributed by atoms with Crippen LogP contribution in [0.15, 0.2) is 24.3 Å². The van der Waals surface area contributed by atoms with Crippen molar-refractivity contribution in [3.8, 4) is 0 Å². The zero-order chi connectivity index (χ0) is 22.4. The summed E-state index contributed by atoms with van der Waals surface area (Å²) in [5.41, 5.74) is -1.42. The van der Waals surface area contributed by atoms with Gasteiger partial charge >= 0.3 is 5.97 Å². The van der Waals surface area contributed by atoms with Gasteiger partial charge < -0.3 is 24.8 Å². The fourth-order valence-electron chi connectivity index (χ4n) is 5.70. The maximum absolute atomic E-state index is 13.5. The smallest absolute Gasteiger partial charge is 0.312 e. The van der Waals surface area contributed by atoms with Crippen molar-refractivity contribution in [3.05, 3.63) is 29.3 Å². The molecule has 31 heavy (non-hydrogen) atoms. The van der Waals surface area contributed by atoms with Gasteiger partial charge in [-0.2, -0.15) is 0 Å². The normalized spacial score (nSPS) is 33.5. The molecule has 1 aromatic carbocycles. The Bertz CT molecular complexity index is 892. The Morgan fingerprint density at radius 3 is 2.61 bits per heavy atom. The Labute approximate surface area is 185 Å². The van der Waals surface area contributed by atoms with E-state index in [0.29, 0.717) is 30.0 Å². The largest absolute Gasteiger partial charge is 0.466 e. The Balaban J connectivity index is 1.73. The van der Waals surface area contributed by atoms with Crippen LogP contribution in [0.2, 0.25) is 5.02 Å². The minimum absolute atomic E-state index is 0.0200. The standard InChI is InChI=1S/C22H27ClN2O6/c1-3-21-9-10-22(31-21)15(16(21)20(29)30-4-2)19(28)25(11-12-26)17(22)18(27)24-14-7-5-13(23)6-8-14/h5-8,15-17,26H,3-4,9-12H2,1-2H3,(H,24,27)/t15-,16+,17?,21-,22?/m0/s1. The van der Waals surface area contributed by atoms with Crippen LogP contribution in [0.3, 0.4) is 0 Å². The second-order valence-electron chi connectivity index (χ2n) is 8.34. The number of halogens is 1. The lowest BCUT2D eigenvalue weighted by Gasteiger charge is -2.33. The number of ether oxygens (including phenoxy) is 2. The number of amides is 2. The highest BCUT2D eigenvalue weighted by Crippen LogP contribution is 2.64. The number of carbonyl (C=O) groups excluding carboxylic acids is 3. The van der Waals surface area contributed by atoms with Gasteiger partial charge in [0.15, 0.2) is 0 Å². The summed E-state index contributed by atoms with van der Waals surface area (Å²) in [6.07, 6.45) is 1.58. The molecule has 3 saturated heterocycles. The molecular weight excluding hydrogens is 424 g/mol. The molecule has 0 radical (unpaired) electrons. The zero-order valence-electron chi connectivity index (χ0n) is 17.6. The quantitative estimate of drug-likeness (QED) is 0.615. The van der Waals surface area contributed by atoms with E-state index in [1.807, 2.05) is 6.92 Å². The van der Waals surface area contributed by atoms with Crippen LogP contribution < -0.4 is 5.32 Å². The Hall–Kier alpha value is -2.16. The number of esters is 1. The summed E-state index contributed by atoms with van der Waals surface area (Å²) in [7, 11) is 0. The molecule has 0 aliphatic carbocycles. The minimum atomic E-state index is -1.13. The number of hydrogen-bond acceptors (Lipinski definition) is 6. The van der Waals surface area contributed by atoms with Gasteiger partial charge in [-0.05, 0) is 50.5 Å². The molecule has 168 valence electrons. The molecule has 8 nitrogen and oxygen atoms in total. The molecule has 2 unspecified atom stereocenters. The summed E-state index contributed by atoms with van der Waals surface area (Å²) in [6.45, 7) is 3.52. The first kappa shape index (κ1) is 22.0. The van der Waals surface area contributed by atoms with Crippen molar-refractivity contribution in [3.63, 3.8) is 0 Å². The van der Waals surface area contributed by atoms with Crippen LogP contribution in [0.1, 0.15) is 33.1 Å². The topological polar surface area (TPSA) is 105 Å². The van der Waals surface area contributed by atoms with E-state index in [1.165, 1.54) is 4.90 Å². The van der Waals surface area contributed by atoms with Gasteiger partial charge in [0.2, 0.25) is 11.8 Å². The number of rotatable bonds is 7. The molecule has 3 fully saturated rings. The number of carbonyl (C=O) groups is 3. The predicted octanol–water partition coefficient (Wildman–Crippen LogP) is 1.99. The maximum Gasteiger partial charge on any atom is 0.312 e. The summed E-state index contributed by atoms with van der Waals surface area (Å²) in [5.74, 6) is -2.81. The maximum atomic E-state index is 13.5. The van der Waals surface area contributed by atoms with Gasteiger partial charge in [-0.3, -0.25) is 14.4 Å². The van der Waals surface area contributed by atoms with E-state index in [2.05, 4.69) is 5.32 Å². The van der Waals surface area contributed by atoms with Crippen molar-refractivity contribution in [1.29, 1.82) is 0 Å². The van der Waals surface area contributed by atoms with Gasteiger partial charge in [-0.25, -0.2) is 0 Å². The lowest BCUT2D eigenvalue weighted by Crippen LogP contribution is -2.53. The van der Waals surface area contributed by atoms with Crippen molar-refractivity contribution >= 4 is 35.1 Å². The van der Waals surface area contributed by atoms with Gasteiger partial charge in [-0.15, -0.1) is 0 Å². The van der Waals surface area contributed by atoms with Crippen molar-refractivity contribution in [2.24, 2.45) is 11.8 Å². The van der Waals surface area contributed by atoms with E-state index in [9.17, 15) is 19.5 Å². The number of benzene rings is 1. The monoisotopic (exact) mass is 450 g/mol. The molecule has 0 saturated carbocycles. The Morgan fingerprint density at radius 1 is 1.29 bits per heavy atom. The summed E-state index contributed by atoms with van der Waals surface area (Å²) in [5, 5.41) is 13.0. The highest BCUT2D eigenvalue weighted by molar-refractivity contribution is 6.30. The molecule has 3 heterocycles. The number of anilines is 1. The number of nitrogens with one attached hydrogen (secondary N) is 1. The van der Waals surface area contributed by atoms with E-state index < -0.39 is 41.0 Å². The summed E-state index contributed by atoms with van der Waals surface area (Å²) in [4.78, 5) is 41.2. The van der Waals surface area contributed by atoms with E-state index in [4.69, 9.17) is 21.1 Å². The minimum Gasteiger partial charge on any atom is -0.466 e. The van der Waals surface area contributed by atoms with Gasteiger partial charge in [0.05, 0.1) is 24.7 Å². The third-order valence-electron chi connectivity index (χ3n) is 6.92. The molecule has 1 aromatic rings. The molecule has 2 amide bonds. The molecule has 1 spiro atoms. The van der Waals surface area contributed by atoms with Gasteiger partial charge in [-0.1, -0.05) is 18.5 Å². The van der Waals surface area contributed by atoms with Crippen molar-refractivity contribution < 1.29 is 29.0 Å². The van der Waals surface area contributed by atoms with Crippen LogP contribution in [0, 0.1) is 11.8 Å². The summed E-state index contributed by atoms with van der Waals surface area (Å²) >= 11 is 5.93. The van der Waals surface area contributed by atoms with Crippen molar-refractivity contribution in [2.45, 2.75) is 50.4 Å². The number of β-amino-alcohol motifs (C(OH)–C–C–N with tert-alkyl or cyclic N) is 1. The average Bonchev–Trinajstić information content (AvgIpc) is 3.34. The molecule has 3 aliphatic heterocycles. The number of aliphatic hydroxyl groups is 1. The fraction of sp³-hybridized carbons (Fsp3) is 0.591. The molecule has 2 N–H and O–H groups in total. The molecule has 0 aromatic heterocycles. The number of aliphatic hydroxyl groups excluding tert-OH is 1. The molecule has 9 heteroatoms. The Kier molecular flexibility index (Phi) is 5.74. The van der Waals surface area contributed by atoms with Crippen LogP contribution in [-0.2, 0) is 23.9 Å². The first-order valence-corrected chi connectivity index (χ1v) is 11.1. The molecule has 4 rings (SSSR count). The van der Waals surface area contributed by atoms with E-state index in [1.54, 1.807) is 31.2 Å². The van der Waals surface area contributed by atoms with Crippen LogP contribution in [0.25, 0.3) is 0 Å². The molecule has 5 atom stereocenters. The average molecular weight is 451 g/mol. The highest BCUT2D eigenvalue weighted by atomic mass is 35.5. The van der Waals surface area contributed by atoms with E-state index in [-0.39, 0.29) is 25.7 Å². The lowest BCUT2D eigenvalue weighted by atomic mass is 9.65. The molecule has 3 aliphatic rings. The summed E-state index contributed by atoms with van der Waals surface area (Å²) in [6, 6.07) is 5.70. The van der Waals surface area contributed by atoms with Gasteiger partial charge in [0.1, 0.15) is 17.6 Å². The number of likely N-dealkylation sites (tertiary alicyclic amines) is 1. The Morgan fingerprint density at radius 2 is 2.00 bits per heavy atom. The second-order valence-corrected chi connectivity index (χ2v) is 8.77. The third-order valence-corrected chi connectivity index (χ3v) is 7.17.